The van der Waals surface area contributed by atoms with E-state index in [1.807, 2.05) is 6.92 Å². The predicted octanol–water partition coefficient (Wildman–Crippen LogP) is 3.08. The van der Waals surface area contributed by atoms with Crippen LogP contribution in [0.3, 0.4) is 0 Å². The van der Waals surface area contributed by atoms with Crippen molar-refractivity contribution >= 4 is 31.2 Å². The molecule has 26 heavy (non-hydrogen) atoms. The number of hydrogen-bond acceptors (Lipinski definition) is 5. The molecule has 1 saturated heterocycles. The van der Waals surface area contributed by atoms with Gasteiger partial charge in [0.05, 0.1) is 10.1 Å². The number of sulfone groups is 1. The van der Waals surface area contributed by atoms with Crippen LogP contribution in [0, 0.1) is 5.82 Å². The molecular formula is C17H20FNO4S3. The molecule has 0 aliphatic carbocycles. The van der Waals surface area contributed by atoms with E-state index in [9.17, 15) is 21.2 Å². The van der Waals surface area contributed by atoms with Gasteiger partial charge in [-0.05, 0) is 55.7 Å². The van der Waals surface area contributed by atoms with Gasteiger partial charge in [0, 0.05) is 18.0 Å². The van der Waals surface area contributed by atoms with Crippen LogP contribution < -0.4 is 0 Å². The number of thiophene rings is 1. The first-order valence-corrected chi connectivity index (χ1v) is 12.1. The third kappa shape index (κ3) is 3.71. The average molecular weight is 418 g/mol. The minimum absolute atomic E-state index is 0.0209. The van der Waals surface area contributed by atoms with Crippen molar-refractivity contribution in [3.63, 3.8) is 0 Å². The number of piperidine rings is 1. The molecule has 1 unspecified atom stereocenters. The summed E-state index contributed by atoms with van der Waals surface area (Å²) in [6, 6.07) is 8.02. The maximum atomic E-state index is 13.1. The molecule has 1 aliphatic heterocycles. The first-order valence-electron chi connectivity index (χ1n) is 8.33. The molecule has 1 fully saturated rings. The van der Waals surface area contributed by atoms with Crippen LogP contribution in [0.25, 0.3) is 0 Å². The largest absolute Gasteiger partial charge is 0.252 e. The van der Waals surface area contributed by atoms with Crippen molar-refractivity contribution in [3.8, 4) is 0 Å². The van der Waals surface area contributed by atoms with Crippen molar-refractivity contribution in [1.82, 2.24) is 4.31 Å². The smallest absolute Gasteiger partial charge is 0.223 e. The van der Waals surface area contributed by atoms with E-state index in [4.69, 9.17) is 0 Å². The van der Waals surface area contributed by atoms with E-state index in [2.05, 4.69) is 0 Å². The van der Waals surface area contributed by atoms with E-state index in [0.717, 1.165) is 23.4 Å². The topological polar surface area (TPSA) is 71.5 Å². The molecule has 0 spiro atoms. The number of rotatable bonds is 5. The highest BCUT2D eigenvalue weighted by Gasteiger charge is 2.37. The van der Waals surface area contributed by atoms with Crippen molar-refractivity contribution in [2.45, 2.75) is 40.5 Å². The number of halogens is 1. The number of nitrogens with zero attached hydrogens (tertiary/aromatic N) is 1. The molecule has 1 aliphatic rings. The molecule has 1 aromatic heterocycles. The lowest BCUT2D eigenvalue weighted by Crippen LogP contribution is -2.44. The fourth-order valence-corrected chi connectivity index (χ4v) is 7.83. The Morgan fingerprint density at radius 2 is 1.81 bits per heavy atom. The summed E-state index contributed by atoms with van der Waals surface area (Å²) in [5.74, 6) is -0.513. The molecule has 1 aromatic carbocycles. The van der Waals surface area contributed by atoms with Gasteiger partial charge in [-0.2, -0.15) is 4.31 Å². The van der Waals surface area contributed by atoms with Crippen LogP contribution in [0.15, 0.2) is 45.5 Å². The molecule has 0 radical (unpaired) electrons. The van der Waals surface area contributed by atoms with Crippen LogP contribution in [0.1, 0.15) is 24.6 Å². The molecule has 0 N–H and O–H groups in total. The molecule has 2 aromatic rings. The van der Waals surface area contributed by atoms with Crippen molar-refractivity contribution < 1.29 is 21.2 Å². The van der Waals surface area contributed by atoms with Crippen LogP contribution in [-0.4, -0.2) is 39.5 Å². The molecule has 3 rings (SSSR count). The lowest BCUT2D eigenvalue weighted by atomic mass is 10.2. The normalized spacial score (nSPS) is 19.5. The molecule has 0 bridgehead atoms. The average Bonchev–Trinajstić information content (AvgIpc) is 3.12. The summed E-state index contributed by atoms with van der Waals surface area (Å²) >= 11 is 1.22. The van der Waals surface area contributed by atoms with Gasteiger partial charge in [-0.15, -0.1) is 11.3 Å². The Kier molecular flexibility index (Phi) is 5.53. The first kappa shape index (κ1) is 19.5. The zero-order chi connectivity index (χ0) is 18.9. The number of hydrogen-bond donors (Lipinski definition) is 0. The fourth-order valence-electron chi connectivity index (χ4n) is 3.01. The molecule has 1 atom stereocenters. The van der Waals surface area contributed by atoms with Gasteiger partial charge in [0.25, 0.3) is 10.0 Å². The summed E-state index contributed by atoms with van der Waals surface area (Å²) in [5.41, 5.74) is 0. The number of benzene rings is 1. The summed E-state index contributed by atoms with van der Waals surface area (Å²) in [6.07, 6.45) is 1.61. The van der Waals surface area contributed by atoms with Crippen molar-refractivity contribution in [2.75, 3.05) is 13.1 Å². The van der Waals surface area contributed by atoms with E-state index in [1.165, 1.54) is 27.8 Å². The third-order valence-corrected chi connectivity index (χ3v) is 10.3. The molecule has 5 nitrogen and oxygen atoms in total. The lowest BCUT2D eigenvalue weighted by molar-refractivity contribution is 0.346. The summed E-state index contributed by atoms with van der Waals surface area (Å²) in [7, 11) is -7.43. The van der Waals surface area contributed by atoms with E-state index in [0.29, 0.717) is 19.4 Å². The van der Waals surface area contributed by atoms with Gasteiger partial charge >= 0.3 is 0 Å². The van der Waals surface area contributed by atoms with Gasteiger partial charge in [-0.25, -0.2) is 21.2 Å². The first-order chi connectivity index (χ1) is 12.2. The van der Waals surface area contributed by atoms with Gasteiger partial charge in [-0.3, -0.25) is 0 Å². The maximum Gasteiger partial charge on any atom is 0.252 e. The Morgan fingerprint density at radius 1 is 1.12 bits per heavy atom. The Hall–Kier alpha value is -1.29. The fraction of sp³-hybridized carbons (Fsp3) is 0.412. The zero-order valence-corrected chi connectivity index (χ0v) is 16.7. The highest BCUT2D eigenvalue weighted by molar-refractivity contribution is 7.92. The number of sulfonamides is 1. The second-order valence-corrected chi connectivity index (χ2v) is 11.8. The van der Waals surface area contributed by atoms with Gasteiger partial charge < -0.3 is 0 Å². The van der Waals surface area contributed by atoms with E-state index >= 15 is 0 Å². The van der Waals surface area contributed by atoms with Crippen molar-refractivity contribution in [3.05, 3.63) is 47.1 Å². The molecular weight excluding hydrogens is 397 g/mol. The second-order valence-electron chi connectivity index (χ2n) is 6.20. The second kappa shape index (κ2) is 7.38. The summed E-state index contributed by atoms with van der Waals surface area (Å²) in [4.78, 5) is 0.989. The minimum Gasteiger partial charge on any atom is -0.223 e. The quantitative estimate of drug-likeness (QED) is 0.701. The molecule has 2 heterocycles. The van der Waals surface area contributed by atoms with Gasteiger partial charge in [-0.1, -0.05) is 6.92 Å². The van der Waals surface area contributed by atoms with Crippen LogP contribution in [0.2, 0.25) is 0 Å². The van der Waals surface area contributed by atoms with Crippen LogP contribution in [-0.2, 0) is 26.3 Å². The Labute approximate surface area is 157 Å². The zero-order valence-electron chi connectivity index (χ0n) is 14.3. The van der Waals surface area contributed by atoms with E-state index in [1.54, 1.807) is 12.1 Å². The molecule has 142 valence electrons. The molecule has 0 amide bonds. The van der Waals surface area contributed by atoms with Crippen LogP contribution in [0.5, 0.6) is 0 Å². The SMILES string of the molecule is CCc1ccc(S(=O)(=O)N2CCCC(S(=O)(=O)c3ccc(F)cc3)C2)s1. The monoisotopic (exact) mass is 417 g/mol. The van der Waals surface area contributed by atoms with Crippen LogP contribution in [0.4, 0.5) is 4.39 Å². The molecule has 9 heteroatoms. The summed E-state index contributed by atoms with van der Waals surface area (Å²) in [6.45, 7) is 2.17. The lowest BCUT2D eigenvalue weighted by Gasteiger charge is -2.31. The summed E-state index contributed by atoms with van der Waals surface area (Å²) < 4.78 is 65.9. The molecule has 0 saturated carbocycles. The Bertz CT molecular complexity index is 981. The van der Waals surface area contributed by atoms with Gasteiger partial charge in [0.15, 0.2) is 9.84 Å². The van der Waals surface area contributed by atoms with Gasteiger partial charge in [0.2, 0.25) is 0 Å². The predicted molar refractivity (Wildman–Crippen MR) is 99.1 cm³/mol. The Morgan fingerprint density at radius 3 is 2.42 bits per heavy atom. The van der Waals surface area contributed by atoms with Crippen molar-refractivity contribution in [1.29, 1.82) is 0 Å². The van der Waals surface area contributed by atoms with Gasteiger partial charge in [0.1, 0.15) is 10.0 Å². The third-order valence-electron chi connectivity index (χ3n) is 4.50. The Balaban J connectivity index is 1.85. The van der Waals surface area contributed by atoms with E-state index < -0.39 is 30.9 Å². The highest BCUT2D eigenvalue weighted by Crippen LogP contribution is 2.30. The standard InChI is InChI=1S/C17H20FNO4S3/c1-2-14-7-10-17(24-14)26(22,23)19-11-3-4-16(12-19)25(20,21)15-8-5-13(18)6-9-15/h5-10,16H,2-4,11-12H2,1H3. The van der Waals surface area contributed by atoms with Crippen LogP contribution >= 0.6 is 11.3 Å². The van der Waals surface area contributed by atoms with Crippen molar-refractivity contribution in [2.24, 2.45) is 0 Å². The van der Waals surface area contributed by atoms with E-state index in [-0.39, 0.29) is 15.6 Å². The maximum absolute atomic E-state index is 13.1. The summed E-state index contributed by atoms with van der Waals surface area (Å²) in [5, 5.41) is -0.831. The minimum atomic E-state index is -3.72. The number of aryl methyl sites for hydroxylation is 1. The highest BCUT2D eigenvalue weighted by atomic mass is 32.2.